The van der Waals surface area contributed by atoms with E-state index in [0.29, 0.717) is 57.1 Å². The summed E-state index contributed by atoms with van der Waals surface area (Å²) in [5.74, 6) is 0.249. The maximum Gasteiger partial charge on any atom is 0.243 e. The second-order valence-electron chi connectivity index (χ2n) is 6.41. The molecule has 1 heterocycles. The molecule has 1 amide bonds. The third-order valence-corrected chi connectivity index (χ3v) is 6.66. The maximum atomic E-state index is 12.6. The summed E-state index contributed by atoms with van der Waals surface area (Å²) in [6, 6.07) is 6.22. The quantitative estimate of drug-likeness (QED) is 0.644. The summed E-state index contributed by atoms with van der Waals surface area (Å²) in [6.07, 6.45) is 2.64. The van der Waals surface area contributed by atoms with Crippen molar-refractivity contribution >= 4 is 27.5 Å². The van der Waals surface area contributed by atoms with E-state index >= 15 is 0 Å². The molecule has 1 aliphatic rings. The topological polar surface area (TPSA) is 75.7 Å². The summed E-state index contributed by atoms with van der Waals surface area (Å²) < 4.78 is 32.0. The van der Waals surface area contributed by atoms with Gasteiger partial charge in [-0.1, -0.05) is 11.6 Å². The monoisotopic (exact) mass is 402 g/mol. The standard InChI is InChI=1S/C18H27ClN2O4S/c1-2-25-13-3-10-20-18(22)14-15-8-11-21(12-9-15)26(23,24)17-6-4-16(19)5-7-17/h4-7,15H,2-3,8-14H2,1H3,(H,20,22). The van der Waals surface area contributed by atoms with Crippen molar-refractivity contribution in [3.8, 4) is 0 Å². The lowest BCUT2D eigenvalue weighted by molar-refractivity contribution is -0.122. The van der Waals surface area contributed by atoms with E-state index in [1.807, 2.05) is 6.92 Å². The van der Waals surface area contributed by atoms with Crippen molar-refractivity contribution in [2.45, 2.75) is 37.5 Å². The van der Waals surface area contributed by atoms with Crippen LogP contribution in [0.4, 0.5) is 0 Å². The minimum Gasteiger partial charge on any atom is -0.382 e. The van der Waals surface area contributed by atoms with Crippen LogP contribution < -0.4 is 5.32 Å². The Morgan fingerprint density at radius 2 is 1.92 bits per heavy atom. The molecule has 0 aliphatic carbocycles. The lowest BCUT2D eigenvalue weighted by atomic mass is 9.94. The Morgan fingerprint density at radius 1 is 1.27 bits per heavy atom. The Bertz CT molecular complexity index is 671. The van der Waals surface area contributed by atoms with Gasteiger partial charge in [0.05, 0.1) is 4.90 Å². The normalized spacial score (nSPS) is 16.5. The van der Waals surface area contributed by atoms with Crippen LogP contribution in [-0.2, 0) is 19.6 Å². The fourth-order valence-electron chi connectivity index (χ4n) is 2.99. The summed E-state index contributed by atoms with van der Waals surface area (Å²) in [4.78, 5) is 12.2. The molecule has 1 saturated heterocycles. The van der Waals surface area contributed by atoms with Crippen molar-refractivity contribution in [3.05, 3.63) is 29.3 Å². The van der Waals surface area contributed by atoms with Gasteiger partial charge in [-0.15, -0.1) is 0 Å². The molecule has 0 bridgehead atoms. The predicted octanol–water partition coefficient (Wildman–Crippen LogP) is 2.67. The van der Waals surface area contributed by atoms with Gasteiger partial charge in [0.25, 0.3) is 0 Å². The number of carbonyl (C=O) groups excluding carboxylic acids is 1. The highest BCUT2D eigenvalue weighted by molar-refractivity contribution is 7.89. The molecule has 1 aliphatic heterocycles. The highest BCUT2D eigenvalue weighted by Gasteiger charge is 2.30. The Morgan fingerprint density at radius 3 is 2.54 bits per heavy atom. The number of sulfonamides is 1. The molecule has 1 aromatic carbocycles. The van der Waals surface area contributed by atoms with E-state index in [2.05, 4.69) is 5.32 Å². The van der Waals surface area contributed by atoms with Crippen LogP contribution in [0.5, 0.6) is 0 Å². The molecule has 146 valence electrons. The van der Waals surface area contributed by atoms with Gasteiger partial charge in [0, 0.05) is 44.3 Å². The summed E-state index contributed by atoms with van der Waals surface area (Å²) in [5, 5.41) is 3.41. The van der Waals surface area contributed by atoms with E-state index in [0.717, 1.165) is 6.42 Å². The largest absolute Gasteiger partial charge is 0.382 e. The number of hydrogen-bond acceptors (Lipinski definition) is 4. The zero-order valence-electron chi connectivity index (χ0n) is 15.1. The van der Waals surface area contributed by atoms with Gasteiger partial charge in [0.1, 0.15) is 0 Å². The molecule has 1 N–H and O–H groups in total. The Balaban J connectivity index is 1.76. The van der Waals surface area contributed by atoms with Crippen LogP contribution in [-0.4, -0.2) is 51.5 Å². The van der Waals surface area contributed by atoms with Gasteiger partial charge < -0.3 is 10.1 Å². The van der Waals surface area contributed by atoms with Crippen LogP contribution in [0.2, 0.25) is 5.02 Å². The first-order chi connectivity index (χ1) is 12.4. The second kappa shape index (κ2) is 10.3. The van der Waals surface area contributed by atoms with Crippen LogP contribution in [0.3, 0.4) is 0 Å². The zero-order chi connectivity index (χ0) is 19.0. The summed E-state index contributed by atoms with van der Waals surface area (Å²) in [6.45, 7) is 4.77. The molecular formula is C18H27ClN2O4S. The van der Waals surface area contributed by atoms with E-state index < -0.39 is 10.0 Å². The maximum absolute atomic E-state index is 12.6. The Labute approximate surface area is 160 Å². The van der Waals surface area contributed by atoms with Crippen molar-refractivity contribution in [2.24, 2.45) is 5.92 Å². The summed E-state index contributed by atoms with van der Waals surface area (Å²) >= 11 is 5.82. The molecule has 8 heteroatoms. The Hall–Kier alpha value is -1.15. The first-order valence-electron chi connectivity index (χ1n) is 9.03. The van der Waals surface area contributed by atoms with Crippen LogP contribution in [0.15, 0.2) is 29.2 Å². The molecule has 0 atom stereocenters. The number of nitrogens with one attached hydrogen (secondary N) is 1. The molecule has 1 fully saturated rings. The smallest absolute Gasteiger partial charge is 0.243 e. The fourth-order valence-corrected chi connectivity index (χ4v) is 4.59. The number of amides is 1. The predicted molar refractivity (Wildman–Crippen MR) is 102 cm³/mol. The highest BCUT2D eigenvalue weighted by atomic mass is 35.5. The number of hydrogen-bond donors (Lipinski definition) is 1. The van der Waals surface area contributed by atoms with E-state index in [9.17, 15) is 13.2 Å². The molecule has 0 unspecified atom stereocenters. The number of ether oxygens (including phenoxy) is 1. The fraction of sp³-hybridized carbons (Fsp3) is 0.611. The van der Waals surface area contributed by atoms with E-state index in [4.69, 9.17) is 16.3 Å². The average molecular weight is 403 g/mol. The highest BCUT2D eigenvalue weighted by Crippen LogP contribution is 2.26. The van der Waals surface area contributed by atoms with Gasteiger partial charge >= 0.3 is 0 Å². The lowest BCUT2D eigenvalue weighted by Crippen LogP contribution is -2.39. The Kier molecular flexibility index (Phi) is 8.34. The number of carbonyl (C=O) groups is 1. The van der Waals surface area contributed by atoms with Gasteiger partial charge in [0.2, 0.25) is 15.9 Å². The van der Waals surface area contributed by atoms with E-state index in [1.165, 1.54) is 16.4 Å². The molecule has 1 aromatic rings. The summed E-state index contributed by atoms with van der Waals surface area (Å²) in [5.41, 5.74) is 0. The van der Waals surface area contributed by atoms with Crippen molar-refractivity contribution < 1.29 is 17.9 Å². The van der Waals surface area contributed by atoms with Gasteiger partial charge in [0.15, 0.2) is 0 Å². The molecular weight excluding hydrogens is 376 g/mol. The van der Waals surface area contributed by atoms with E-state index in [1.54, 1.807) is 12.1 Å². The molecule has 0 spiro atoms. The third kappa shape index (κ3) is 6.23. The molecule has 0 radical (unpaired) electrons. The second-order valence-corrected chi connectivity index (χ2v) is 8.78. The third-order valence-electron chi connectivity index (χ3n) is 4.49. The van der Waals surface area contributed by atoms with Gasteiger partial charge in [-0.2, -0.15) is 4.31 Å². The zero-order valence-corrected chi connectivity index (χ0v) is 16.7. The van der Waals surface area contributed by atoms with Crippen molar-refractivity contribution in [1.29, 1.82) is 0 Å². The lowest BCUT2D eigenvalue weighted by Gasteiger charge is -2.31. The SMILES string of the molecule is CCOCCCNC(=O)CC1CCN(S(=O)(=O)c2ccc(Cl)cc2)CC1. The van der Waals surface area contributed by atoms with Crippen LogP contribution in [0, 0.1) is 5.92 Å². The molecule has 26 heavy (non-hydrogen) atoms. The molecule has 0 saturated carbocycles. The molecule has 0 aromatic heterocycles. The van der Waals surface area contributed by atoms with Crippen molar-refractivity contribution in [3.63, 3.8) is 0 Å². The number of rotatable bonds is 9. The summed E-state index contributed by atoms with van der Waals surface area (Å²) in [7, 11) is -3.49. The van der Waals surface area contributed by atoms with Crippen molar-refractivity contribution in [2.75, 3.05) is 32.8 Å². The minimum absolute atomic E-state index is 0.0282. The van der Waals surface area contributed by atoms with Crippen LogP contribution >= 0.6 is 11.6 Å². The minimum atomic E-state index is -3.49. The number of benzene rings is 1. The molecule has 6 nitrogen and oxygen atoms in total. The average Bonchev–Trinajstić information content (AvgIpc) is 2.62. The number of nitrogens with zero attached hydrogens (tertiary/aromatic N) is 1. The first kappa shape index (κ1) is 21.2. The van der Waals surface area contributed by atoms with Gasteiger partial charge in [-0.3, -0.25) is 4.79 Å². The van der Waals surface area contributed by atoms with Crippen LogP contribution in [0.25, 0.3) is 0 Å². The van der Waals surface area contributed by atoms with Crippen molar-refractivity contribution in [1.82, 2.24) is 9.62 Å². The van der Waals surface area contributed by atoms with Crippen LogP contribution in [0.1, 0.15) is 32.6 Å². The first-order valence-corrected chi connectivity index (χ1v) is 10.9. The molecule has 2 rings (SSSR count). The number of piperidine rings is 1. The van der Waals surface area contributed by atoms with E-state index in [-0.39, 0.29) is 16.7 Å². The number of halogens is 1. The van der Waals surface area contributed by atoms with Gasteiger partial charge in [-0.05, 0) is 56.4 Å². The van der Waals surface area contributed by atoms with Gasteiger partial charge in [-0.25, -0.2) is 8.42 Å².